The SMILES string of the molecule is [B]c1cnn2c(NC3CCN(S(=O)(=O)c4ccccc4)CC3)cc(-c3ccccc3C)nc12. The maximum Gasteiger partial charge on any atom is 0.243 e. The number of aromatic nitrogens is 3. The van der Waals surface area contributed by atoms with Crippen molar-refractivity contribution in [3.63, 3.8) is 0 Å². The van der Waals surface area contributed by atoms with E-state index < -0.39 is 10.0 Å². The van der Waals surface area contributed by atoms with Gasteiger partial charge in [0.2, 0.25) is 10.0 Å². The molecule has 0 saturated carbocycles. The van der Waals surface area contributed by atoms with Gasteiger partial charge in [-0.3, -0.25) is 0 Å². The molecule has 0 unspecified atom stereocenters. The minimum Gasteiger partial charge on any atom is -0.367 e. The lowest BCUT2D eigenvalue weighted by Crippen LogP contribution is -2.42. The quantitative estimate of drug-likeness (QED) is 0.467. The van der Waals surface area contributed by atoms with Crippen LogP contribution in [0.3, 0.4) is 0 Å². The molecule has 7 nitrogen and oxygen atoms in total. The van der Waals surface area contributed by atoms with E-state index in [1.165, 1.54) is 0 Å². The summed E-state index contributed by atoms with van der Waals surface area (Å²) in [5.74, 6) is 0.791. The average Bonchev–Trinajstić information content (AvgIpc) is 3.21. The zero-order chi connectivity index (χ0) is 23.0. The van der Waals surface area contributed by atoms with Gasteiger partial charge < -0.3 is 5.32 Å². The number of sulfonamides is 1. The van der Waals surface area contributed by atoms with Crippen LogP contribution in [0.1, 0.15) is 18.4 Å². The topological polar surface area (TPSA) is 79.6 Å². The van der Waals surface area contributed by atoms with Gasteiger partial charge in [0.1, 0.15) is 13.7 Å². The van der Waals surface area contributed by atoms with Gasteiger partial charge in [-0.25, -0.2) is 13.4 Å². The largest absolute Gasteiger partial charge is 0.367 e. The molecule has 0 aliphatic carbocycles. The van der Waals surface area contributed by atoms with E-state index in [1.807, 2.05) is 30.3 Å². The summed E-state index contributed by atoms with van der Waals surface area (Å²) in [6.45, 7) is 2.96. The molecule has 3 heterocycles. The Morgan fingerprint density at radius 1 is 1.03 bits per heavy atom. The monoisotopic (exact) mass is 457 g/mol. The summed E-state index contributed by atoms with van der Waals surface area (Å²) < 4.78 is 29.1. The molecule has 2 radical (unpaired) electrons. The molecule has 1 aliphatic rings. The molecule has 0 atom stereocenters. The number of nitrogens with one attached hydrogen (secondary N) is 1. The van der Waals surface area contributed by atoms with Crippen molar-refractivity contribution in [3.8, 4) is 11.3 Å². The summed E-state index contributed by atoms with van der Waals surface area (Å²) in [4.78, 5) is 5.08. The van der Waals surface area contributed by atoms with Crippen molar-refractivity contribution in [1.29, 1.82) is 0 Å². The molecular weight excluding hydrogens is 433 g/mol. The van der Waals surface area contributed by atoms with E-state index in [0.29, 0.717) is 41.9 Å². The Morgan fingerprint density at radius 3 is 2.45 bits per heavy atom. The Bertz CT molecular complexity index is 1400. The molecule has 166 valence electrons. The maximum atomic E-state index is 12.9. The highest BCUT2D eigenvalue weighted by atomic mass is 32.2. The fourth-order valence-electron chi connectivity index (χ4n) is 4.27. The molecule has 0 spiro atoms. The lowest BCUT2D eigenvalue weighted by Gasteiger charge is -2.32. The summed E-state index contributed by atoms with van der Waals surface area (Å²) in [5, 5.41) is 7.96. The van der Waals surface area contributed by atoms with Crippen molar-refractivity contribution in [2.24, 2.45) is 0 Å². The van der Waals surface area contributed by atoms with Crippen LogP contribution in [-0.4, -0.2) is 54.3 Å². The van der Waals surface area contributed by atoms with E-state index >= 15 is 0 Å². The summed E-state index contributed by atoms with van der Waals surface area (Å²) in [5.41, 5.74) is 4.09. The lowest BCUT2D eigenvalue weighted by molar-refractivity contribution is 0.329. The first-order chi connectivity index (χ1) is 15.9. The number of anilines is 1. The van der Waals surface area contributed by atoms with E-state index in [2.05, 4.69) is 23.4 Å². The number of rotatable bonds is 5. The first-order valence-electron chi connectivity index (χ1n) is 11.0. The van der Waals surface area contributed by atoms with Crippen LogP contribution in [0.15, 0.2) is 71.8 Å². The number of fused-ring (bicyclic) bond motifs is 1. The van der Waals surface area contributed by atoms with Crippen LogP contribution in [-0.2, 0) is 10.0 Å². The molecule has 2 aromatic heterocycles. The van der Waals surface area contributed by atoms with Crippen LogP contribution in [0, 0.1) is 6.92 Å². The van der Waals surface area contributed by atoms with Crippen molar-refractivity contribution < 1.29 is 8.42 Å². The van der Waals surface area contributed by atoms with Crippen LogP contribution < -0.4 is 10.8 Å². The first-order valence-corrected chi connectivity index (χ1v) is 12.4. The Morgan fingerprint density at radius 2 is 1.73 bits per heavy atom. The van der Waals surface area contributed by atoms with Gasteiger partial charge in [-0.2, -0.15) is 13.9 Å². The van der Waals surface area contributed by atoms with Crippen molar-refractivity contribution in [3.05, 3.63) is 72.4 Å². The molecule has 9 heteroatoms. The van der Waals surface area contributed by atoms with Crippen molar-refractivity contribution in [2.45, 2.75) is 30.7 Å². The van der Waals surface area contributed by atoms with E-state index in [4.69, 9.17) is 12.8 Å². The van der Waals surface area contributed by atoms with Crippen LogP contribution in [0.5, 0.6) is 0 Å². The zero-order valence-electron chi connectivity index (χ0n) is 18.3. The second-order valence-corrected chi connectivity index (χ2v) is 10.3. The number of benzene rings is 2. The molecule has 5 rings (SSSR count). The number of hydrogen-bond donors (Lipinski definition) is 1. The van der Waals surface area contributed by atoms with Gasteiger partial charge in [-0.05, 0) is 42.9 Å². The number of aryl methyl sites for hydroxylation is 1. The van der Waals surface area contributed by atoms with Gasteiger partial charge in [0.25, 0.3) is 0 Å². The average molecular weight is 457 g/mol. The van der Waals surface area contributed by atoms with Crippen LogP contribution in [0.2, 0.25) is 0 Å². The second kappa shape index (κ2) is 8.65. The van der Waals surface area contributed by atoms with Crippen LogP contribution in [0.25, 0.3) is 16.9 Å². The molecule has 1 N–H and O–H groups in total. The highest BCUT2D eigenvalue weighted by Crippen LogP contribution is 2.27. The molecule has 1 fully saturated rings. The molecule has 4 aromatic rings. The maximum absolute atomic E-state index is 12.9. The normalized spacial score (nSPS) is 15.7. The second-order valence-electron chi connectivity index (χ2n) is 8.31. The van der Waals surface area contributed by atoms with E-state index in [-0.39, 0.29) is 6.04 Å². The van der Waals surface area contributed by atoms with E-state index in [1.54, 1.807) is 39.3 Å². The molecule has 2 aromatic carbocycles. The Kier molecular flexibility index (Phi) is 5.68. The van der Waals surface area contributed by atoms with E-state index in [9.17, 15) is 8.42 Å². The molecule has 1 aliphatic heterocycles. The first kappa shape index (κ1) is 21.7. The highest BCUT2D eigenvalue weighted by Gasteiger charge is 2.29. The van der Waals surface area contributed by atoms with Crippen molar-refractivity contribution in [2.75, 3.05) is 18.4 Å². The summed E-state index contributed by atoms with van der Waals surface area (Å²) in [6, 6.07) is 18.8. The van der Waals surface area contributed by atoms with Gasteiger partial charge in [0, 0.05) is 37.0 Å². The third-order valence-electron chi connectivity index (χ3n) is 6.11. The van der Waals surface area contributed by atoms with Gasteiger partial charge >= 0.3 is 0 Å². The standard InChI is InChI=1S/C24H24BN5O2S/c1-17-7-5-6-10-20(17)22-15-23(30-24(28-22)21(25)16-26-30)27-18-11-13-29(14-12-18)33(31,32)19-8-3-2-4-9-19/h2-10,15-16,18,27H,11-14H2,1H3. The highest BCUT2D eigenvalue weighted by molar-refractivity contribution is 7.89. The molecule has 33 heavy (non-hydrogen) atoms. The van der Waals surface area contributed by atoms with Gasteiger partial charge in [-0.1, -0.05) is 42.5 Å². The summed E-state index contributed by atoms with van der Waals surface area (Å²) >= 11 is 0. The molecule has 1 saturated heterocycles. The third kappa shape index (κ3) is 4.14. The number of piperidine rings is 1. The smallest absolute Gasteiger partial charge is 0.243 e. The van der Waals surface area contributed by atoms with Gasteiger partial charge in [0.05, 0.1) is 10.6 Å². The predicted octanol–water partition coefficient (Wildman–Crippen LogP) is 2.76. The number of hydrogen-bond acceptors (Lipinski definition) is 5. The van der Waals surface area contributed by atoms with Crippen LogP contribution >= 0.6 is 0 Å². The fourth-order valence-corrected chi connectivity index (χ4v) is 5.76. The molecule has 0 bridgehead atoms. The molecular formula is C24H24BN5O2S. The fraction of sp³-hybridized carbons (Fsp3) is 0.250. The molecule has 0 amide bonds. The minimum atomic E-state index is -3.48. The predicted molar refractivity (Wildman–Crippen MR) is 130 cm³/mol. The van der Waals surface area contributed by atoms with Gasteiger partial charge in [0.15, 0.2) is 5.65 Å². The number of nitrogens with zero attached hydrogens (tertiary/aromatic N) is 4. The minimum absolute atomic E-state index is 0.105. The van der Waals surface area contributed by atoms with Crippen molar-refractivity contribution >= 4 is 34.8 Å². The Labute approximate surface area is 194 Å². The van der Waals surface area contributed by atoms with Crippen LogP contribution in [0.4, 0.5) is 5.82 Å². The zero-order valence-corrected chi connectivity index (χ0v) is 19.2. The Balaban J connectivity index is 1.39. The van der Waals surface area contributed by atoms with E-state index in [0.717, 1.165) is 22.6 Å². The van der Waals surface area contributed by atoms with Gasteiger partial charge in [-0.15, -0.1) is 0 Å². The lowest BCUT2D eigenvalue weighted by atomic mass is 10.00. The Hall–Kier alpha value is -3.17. The third-order valence-corrected chi connectivity index (χ3v) is 8.02. The summed E-state index contributed by atoms with van der Waals surface area (Å²) in [7, 11) is 2.66. The van der Waals surface area contributed by atoms with Crippen molar-refractivity contribution in [1.82, 2.24) is 18.9 Å². The summed E-state index contributed by atoms with van der Waals surface area (Å²) in [6.07, 6.45) is 2.98.